The van der Waals surface area contributed by atoms with Crippen LogP contribution in [0, 0.1) is 11.8 Å². The van der Waals surface area contributed by atoms with Crippen molar-refractivity contribution >= 4 is 0 Å². The van der Waals surface area contributed by atoms with Gasteiger partial charge in [0.25, 0.3) is 0 Å². The number of halogens is 1. The van der Waals surface area contributed by atoms with Crippen molar-refractivity contribution in [3.05, 3.63) is 0 Å². The molecule has 0 saturated heterocycles. The molecule has 2 atom stereocenters. The third kappa shape index (κ3) is 0.875. The summed E-state index contributed by atoms with van der Waals surface area (Å²) in [5.74, 6) is 0.975. The van der Waals surface area contributed by atoms with Crippen LogP contribution in [-0.2, 0) is 0 Å². The van der Waals surface area contributed by atoms with E-state index in [1.165, 1.54) is 6.42 Å². The quantitative estimate of drug-likeness (QED) is 0.590. The fraction of sp³-hybridized carbons (Fsp3) is 1.00. The Kier molecular flexibility index (Phi) is 1.14. The third-order valence-corrected chi connectivity index (χ3v) is 3.96. The number of hydrogen-bond donors (Lipinski definition) is 1. The van der Waals surface area contributed by atoms with Crippen molar-refractivity contribution in [2.45, 2.75) is 49.8 Å². The Morgan fingerprint density at radius 1 is 1.08 bits per heavy atom. The van der Waals surface area contributed by atoms with Gasteiger partial charge in [0.15, 0.2) is 0 Å². The second kappa shape index (κ2) is 1.87. The number of rotatable bonds is 0. The van der Waals surface area contributed by atoms with Crippen molar-refractivity contribution in [1.29, 1.82) is 0 Å². The lowest BCUT2D eigenvalue weighted by Crippen LogP contribution is -2.57. The monoisotopic (exact) mass is 170 g/mol. The van der Waals surface area contributed by atoms with Crippen LogP contribution in [-0.4, -0.2) is 16.4 Å². The van der Waals surface area contributed by atoms with Crippen molar-refractivity contribution in [3.8, 4) is 0 Å². The van der Waals surface area contributed by atoms with E-state index in [9.17, 15) is 9.50 Å². The molecule has 0 spiro atoms. The van der Waals surface area contributed by atoms with E-state index in [-0.39, 0.29) is 0 Å². The van der Waals surface area contributed by atoms with Gasteiger partial charge in [0.05, 0.1) is 5.60 Å². The van der Waals surface area contributed by atoms with Crippen molar-refractivity contribution in [3.63, 3.8) is 0 Å². The Hall–Kier alpha value is -0.110. The highest BCUT2D eigenvalue weighted by molar-refractivity contribution is 5.09. The molecule has 0 aromatic carbocycles. The lowest BCUT2D eigenvalue weighted by Gasteiger charge is -2.56. The largest absolute Gasteiger partial charge is 0.390 e. The Bertz CT molecular complexity index is 192. The molecule has 1 nitrogen and oxygen atoms in total. The van der Waals surface area contributed by atoms with Gasteiger partial charge in [-0.15, -0.1) is 0 Å². The molecule has 4 rings (SSSR count). The molecule has 0 radical (unpaired) electrons. The summed E-state index contributed by atoms with van der Waals surface area (Å²) in [7, 11) is 0. The van der Waals surface area contributed by atoms with Crippen LogP contribution in [0.3, 0.4) is 0 Å². The van der Waals surface area contributed by atoms with Gasteiger partial charge in [-0.1, -0.05) is 0 Å². The van der Waals surface area contributed by atoms with Gasteiger partial charge in [0.2, 0.25) is 0 Å². The fourth-order valence-corrected chi connectivity index (χ4v) is 4.10. The Labute approximate surface area is 72.0 Å². The maximum absolute atomic E-state index is 14.0. The normalized spacial score (nSPS) is 62.5. The summed E-state index contributed by atoms with van der Waals surface area (Å²) < 4.78 is 14.0. The highest BCUT2D eigenvalue weighted by Crippen LogP contribution is 2.58. The van der Waals surface area contributed by atoms with Crippen molar-refractivity contribution < 1.29 is 9.50 Å². The smallest absolute Gasteiger partial charge is 0.114 e. The minimum absolute atomic E-state index is 0.424. The van der Waals surface area contributed by atoms with Gasteiger partial charge < -0.3 is 5.11 Å². The lowest BCUT2D eigenvalue weighted by molar-refractivity contribution is -0.170. The predicted molar refractivity (Wildman–Crippen MR) is 43.5 cm³/mol. The molecule has 4 aliphatic rings. The van der Waals surface area contributed by atoms with E-state index in [1.54, 1.807) is 0 Å². The molecule has 68 valence electrons. The zero-order valence-corrected chi connectivity index (χ0v) is 7.22. The Balaban J connectivity index is 1.98. The van der Waals surface area contributed by atoms with E-state index in [2.05, 4.69) is 0 Å². The summed E-state index contributed by atoms with van der Waals surface area (Å²) >= 11 is 0. The maximum atomic E-state index is 14.0. The van der Waals surface area contributed by atoms with Crippen molar-refractivity contribution in [2.75, 3.05) is 0 Å². The van der Waals surface area contributed by atoms with Crippen molar-refractivity contribution in [2.24, 2.45) is 11.8 Å². The molecule has 0 aromatic heterocycles. The van der Waals surface area contributed by atoms with Crippen LogP contribution < -0.4 is 0 Å². The number of hydrogen-bond acceptors (Lipinski definition) is 1. The van der Waals surface area contributed by atoms with Crippen molar-refractivity contribution in [1.82, 2.24) is 0 Å². The van der Waals surface area contributed by atoms with Gasteiger partial charge in [-0.3, -0.25) is 0 Å². The summed E-state index contributed by atoms with van der Waals surface area (Å²) in [6.45, 7) is 0. The molecule has 12 heavy (non-hydrogen) atoms. The van der Waals surface area contributed by atoms with Crippen LogP contribution in [0.25, 0.3) is 0 Å². The minimum atomic E-state index is -0.987. The molecule has 0 aromatic rings. The number of alkyl halides is 1. The molecule has 0 aliphatic heterocycles. The first-order chi connectivity index (χ1) is 5.57. The van der Waals surface area contributed by atoms with E-state index in [1.807, 2.05) is 0 Å². The summed E-state index contributed by atoms with van der Waals surface area (Å²) in [6, 6.07) is 0. The highest BCUT2D eigenvalue weighted by atomic mass is 19.1. The van der Waals surface area contributed by atoms with Crippen LogP contribution >= 0.6 is 0 Å². The first-order valence-corrected chi connectivity index (χ1v) is 4.98. The maximum Gasteiger partial charge on any atom is 0.114 e. The van der Waals surface area contributed by atoms with Crippen LogP contribution in [0.15, 0.2) is 0 Å². The van der Waals surface area contributed by atoms with Gasteiger partial charge in [0, 0.05) is 6.42 Å². The van der Waals surface area contributed by atoms with Crippen LogP contribution in [0.2, 0.25) is 0 Å². The second-order valence-corrected chi connectivity index (χ2v) is 5.34. The standard InChI is InChI=1S/C10H15FO/c11-9-2-7-1-8(3-9)5-10(12,4-7)6-9/h7-8,12H,1-6H2. The molecule has 0 heterocycles. The summed E-state index contributed by atoms with van der Waals surface area (Å²) in [5.41, 5.74) is -1.60. The van der Waals surface area contributed by atoms with E-state index >= 15 is 0 Å². The zero-order chi connectivity index (χ0) is 8.40. The van der Waals surface area contributed by atoms with Gasteiger partial charge in [-0.25, -0.2) is 4.39 Å². The minimum Gasteiger partial charge on any atom is -0.390 e. The number of aliphatic hydroxyl groups is 1. The predicted octanol–water partition coefficient (Wildman–Crippen LogP) is 2.04. The van der Waals surface area contributed by atoms with E-state index in [0.717, 1.165) is 25.7 Å². The molecule has 1 N–H and O–H groups in total. The van der Waals surface area contributed by atoms with Crippen LogP contribution in [0.5, 0.6) is 0 Å². The van der Waals surface area contributed by atoms with Gasteiger partial charge >= 0.3 is 0 Å². The molecule has 4 fully saturated rings. The van der Waals surface area contributed by atoms with Gasteiger partial charge in [-0.2, -0.15) is 0 Å². The average Bonchev–Trinajstić information content (AvgIpc) is 1.75. The van der Waals surface area contributed by atoms with E-state index in [0.29, 0.717) is 18.3 Å². The average molecular weight is 170 g/mol. The van der Waals surface area contributed by atoms with E-state index < -0.39 is 11.3 Å². The first-order valence-electron chi connectivity index (χ1n) is 4.98. The summed E-state index contributed by atoms with van der Waals surface area (Å²) in [5, 5.41) is 10.0. The Morgan fingerprint density at radius 2 is 1.67 bits per heavy atom. The SMILES string of the molecule is OC12CC3CC(C1)CC(F)(C3)C2. The van der Waals surface area contributed by atoms with Crippen LogP contribution in [0.4, 0.5) is 4.39 Å². The zero-order valence-electron chi connectivity index (χ0n) is 7.22. The Morgan fingerprint density at radius 3 is 2.08 bits per heavy atom. The molecule has 4 aliphatic carbocycles. The molecular formula is C10H15FO. The van der Waals surface area contributed by atoms with Gasteiger partial charge in [-0.05, 0) is 43.9 Å². The summed E-state index contributed by atoms with van der Waals surface area (Å²) in [4.78, 5) is 0. The van der Waals surface area contributed by atoms with Gasteiger partial charge in [0.1, 0.15) is 5.67 Å². The molecule has 4 bridgehead atoms. The first kappa shape index (κ1) is 7.31. The molecule has 4 saturated carbocycles. The molecule has 0 amide bonds. The molecular weight excluding hydrogens is 155 g/mol. The second-order valence-electron chi connectivity index (χ2n) is 5.34. The molecule has 2 heteroatoms. The van der Waals surface area contributed by atoms with E-state index in [4.69, 9.17) is 0 Å². The molecule has 2 unspecified atom stereocenters. The topological polar surface area (TPSA) is 20.2 Å². The lowest BCUT2D eigenvalue weighted by atomic mass is 9.53. The third-order valence-electron chi connectivity index (χ3n) is 3.96. The highest BCUT2D eigenvalue weighted by Gasteiger charge is 2.57. The fourth-order valence-electron chi connectivity index (χ4n) is 4.10. The summed E-state index contributed by atoms with van der Waals surface area (Å²) in [6.07, 6.45) is 4.79. The van der Waals surface area contributed by atoms with Crippen LogP contribution in [0.1, 0.15) is 38.5 Å².